The molecule has 2 N–H and O–H groups in total. The third-order valence-electron chi connectivity index (χ3n) is 6.40. The fraction of sp³-hybridized carbons (Fsp3) is 0.423. The van der Waals surface area contributed by atoms with Crippen LogP contribution in [0.3, 0.4) is 0 Å². The maximum atomic E-state index is 13.7. The molecule has 0 aliphatic carbocycles. The van der Waals surface area contributed by atoms with Crippen LogP contribution in [0, 0.1) is 5.82 Å². The van der Waals surface area contributed by atoms with Crippen molar-refractivity contribution in [2.24, 2.45) is 0 Å². The van der Waals surface area contributed by atoms with Gasteiger partial charge in [-0.25, -0.2) is 26.7 Å². The normalized spacial score (nSPS) is 19.4. The molecular formula is C26H29ClFN3O7S3. The number of hydrogen-bond acceptors (Lipinski definition) is 9. The van der Waals surface area contributed by atoms with Gasteiger partial charge in [0.25, 0.3) is 15.9 Å². The predicted molar refractivity (Wildman–Crippen MR) is 155 cm³/mol. The molecule has 2 aliphatic rings. The van der Waals surface area contributed by atoms with Crippen LogP contribution in [-0.2, 0) is 26.0 Å². The molecule has 0 aromatic heterocycles. The third-order valence-corrected chi connectivity index (χ3v) is 11.0. The molecule has 0 bridgehead atoms. The summed E-state index contributed by atoms with van der Waals surface area (Å²) in [5.74, 6) is -1.10. The number of ether oxygens (including phenoxy) is 1. The Morgan fingerprint density at radius 1 is 1.20 bits per heavy atom. The van der Waals surface area contributed by atoms with Crippen LogP contribution in [0.4, 0.5) is 9.18 Å². The minimum atomic E-state index is -4.73. The number of carboxylic acid groups (broad SMARTS) is 1. The highest BCUT2D eigenvalue weighted by Gasteiger charge is 2.46. The summed E-state index contributed by atoms with van der Waals surface area (Å²) in [4.78, 5) is 39.8. The molecule has 2 heterocycles. The Bertz CT molecular complexity index is 1420. The Kier molecular flexibility index (Phi) is 9.79. The topological polar surface area (TPSA) is 133 Å². The molecule has 4 rings (SSSR count). The summed E-state index contributed by atoms with van der Waals surface area (Å²) in [5.41, 5.74) is -0.209. The van der Waals surface area contributed by atoms with Gasteiger partial charge in [0, 0.05) is 42.3 Å². The van der Waals surface area contributed by atoms with Crippen LogP contribution < -0.4 is 10.1 Å². The van der Waals surface area contributed by atoms with Crippen molar-refractivity contribution >= 4 is 63.1 Å². The molecule has 41 heavy (non-hydrogen) atoms. The average Bonchev–Trinajstić information content (AvgIpc) is 3.29. The van der Waals surface area contributed by atoms with Crippen LogP contribution in [0.1, 0.15) is 19.4 Å². The number of nitrogens with one attached hydrogen (secondary N) is 1. The van der Waals surface area contributed by atoms with Gasteiger partial charge < -0.3 is 14.7 Å². The minimum Gasteiger partial charge on any atom is -0.480 e. The van der Waals surface area contributed by atoms with Crippen molar-refractivity contribution in [3.8, 4) is 5.75 Å². The van der Waals surface area contributed by atoms with Crippen molar-refractivity contribution in [3.63, 3.8) is 0 Å². The SMILES string of the molecule is CC1(C)CS[C@@H](C(=O)N([C@@H](Cc2ccc(OC(=O)N3CCSCC3)c(Cl)c2)C(=O)O)S(=O)(=O)c2ccc(F)cc2)N1. The fourth-order valence-corrected chi connectivity index (χ4v) is 8.38. The minimum absolute atomic E-state index is 0.0143. The maximum absolute atomic E-state index is 13.7. The van der Waals surface area contributed by atoms with Crippen molar-refractivity contribution in [1.29, 1.82) is 0 Å². The Morgan fingerprint density at radius 3 is 2.41 bits per heavy atom. The molecule has 2 aliphatic heterocycles. The van der Waals surface area contributed by atoms with E-state index in [2.05, 4.69) is 5.32 Å². The zero-order valence-corrected chi connectivity index (χ0v) is 25.4. The van der Waals surface area contributed by atoms with Gasteiger partial charge in [-0.15, -0.1) is 11.8 Å². The van der Waals surface area contributed by atoms with E-state index in [0.717, 1.165) is 47.5 Å². The number of nitrogens with zero attached hydrogens (tertiary/aromatic N) is 2. The van der Waals surface area contributed by atoms with Crippen molar-refractivity contribution in [1.82, 2.24) is 14.5 Å². The summed E-state index contributed by atoms with van der Waals surface area (Å²) in [5, 5.41) is 12.2. The molecule has 2 atom stereocenters. The molecule has 0 spiro atoms. The van der Waals surface area contributed by atoms with Gasteiger partial charge in [0.15, 0.2) is 5.75 Å². The van der Waals surface area contributed by atoms with Crippen LogP contribution >= 0.6 is 35.1 Å². The zero-order valence-electron chi connectivity index (χ0n) is 22.2. The number of benzene rings is 2. The van der Waals surface area contributed by atoms with Crippen molar-refractivity contribution in [3.05, 3.63) is 58.9 Å². The maximum Gasteiger partial charge on any atom is 0.415 e. The molecule has 2 saturated heterocycles. The van der Waals surface area contributed by atoms with Crippen LogP contribution in [0.15, 0.2) is 47.4 Å². The van der Waals surface area contributed by atoms with Crippen LogP contribution in [-0.4, -0.2) is 88.0 Å². The van der Waals surface area contributed by atoms with E-state index in [1.807, 2.05) is 13.8 Å². The molecular weight excluding hydrogens is 617 g/mol. The third kappa shape index (κ3) is 7.47. The number of carbonyl (C=O) groups excluding carboxylic acids is 2. The first-order valence-electron chi connectivity index (χ1n) is 12.6. The number of rotatable bonds is 8. The van der Waals surface area contributed by atoms with Crippen molar-refractivity contribution in [2.75, 3.05) is 30.3 Å². The lowest BCUT2D eigenvalue weighted by Gasteiger charge is -2.31. The average molecular weight is 646 g/mol. The highest BCUT2D eigenvalue weighted by Crippen LogP contribution is 2.32. The molecule has 222 valence electrons. The van der Waals surface area contributed by atoms with Gasteiger partial charge in [0.2, 0.25) is 0 Å². The number of halogens is 2. The first kappa shape index (κ1) is 31.4. The van der Waals surface area contributed by atoms with Gasteiger partial charge in [-0.3, -0.25) is 10.1 Å². The number of aliphatic carboxylic acids is 1. The van der Waals surface area contributed by atoms with E-state index in [0.29, 0.717) is 23.1 Å². The second kappa shape index (κ2) is 12.8. The van der Waals surface area contributed by atoms with E-state index in [1.165, 1.54) is 18.2 Å². The molecule has 2 aromatic rings. The monoisotopic (exact) mass is 645 g/mol. The van der Waals surface area contributed by atoms with E-state index < -0.39 is 62.1 Å². The van der Waals surface area contributed by atoms with Crippen molar-refractivity contribution in [2.45, 2.75) is 42.1 Å². The Hall–Kier alpha value is -2.52. The summed E-state index contributed by atoms with van der Waals surface area (Å²) in [7, 11) is -4.73. The lowest BCUT2D eigenvalue weighted by atomic mass is 10.1. The number of thioether (sulfide) groups is 2. The molecule has 2 aromatic carbocycles. The largest absolute Gasteiger partial charge is 0.480 e. The summed E-state index contributed by atoms with van der Waals surface area (Å²) < 4.78 is 46.8. The van der Waals surface area contributed by atoms with Crippen LogP contribution in [0.25, 0.3) is 0 Å². The van der Waals surface area contributed by atoms with E-state index in [4.69, 9.17) is 16.3 Å². The van der Waals surface area contributed by atoms with Gasteiger partial charge in [0.1, 0.15) is 17.2 Å². The predicted octanol–water partition coefficient (Wildman–Crippen LogP) is 3.68. The molecule has 2 fully saturated rings. The molecule has 10 nitrogen and oxygen atoms in total. The standard InChI is InChI=1S/C26H29ClFN3O7S3/c1-26(2)15-40-22(29-26)23(32)31(41(36,37)18-6-4-17(28)5-7-18)20(24(33)34)14-16-3-8-21(19(27)13-16)38-25(35)30-9-11-39-12-10-30/h3-8,13,20,22,29H,9-12,14-15H2,1-2H3,(H,33,34)/t20-,22-/m0/s1. The van der Waals surface area contributed by atoms with Crippen LogP contribution in [0.2, 0.25) is 5.02 Å². The van der Waals surface area contributed by atoms with E-state index in [-0.39, 0.29) is 16.3 Å². The van der Waals surface area contributed by atoms with Gasteiger partial charge in [0.05, 0.1) is 9.92 Å². The van der Waals surface area contributed by atoms with Crippen LogP contribution in [0.5, 0.6) is 5.75 Å². The number of carboxylic acids is 1. The Morgan fingerprint density at radius 2 is 1.85 bits per heavy atom. The number of carbonyl (C=O) groups is 3. The smallest absolute Gasteiger partial charge is 0.415 e. The van der Waals surface area contributed by atoms with E-state index >= 15 is 0 Å². The highest BCUT2D eigenvalue weighted by atomic mass is 35.5. The first-order chi connectivity index (χ1) is 19.3. The summed E-state index contributed by atoms with van der Waals surface area (Å²) in [6.07, 6.45) is -0.991. The van der Waals surface area contributed by atoms with Crippen molar-refractivity contribution < 1.29 is 37.0 Å². The summed E-state index contributed by atoms with van der Waals surface area (Å²) in [6.45, 7) is 4.75. The number of sulfonamides is 1. The number of amides is 2. The van der Waals surface area contributed by atoms with Gasteiger partial charge in [-0.2, -0.15) is 11.8 Å². The summed E-state index contributed by atoms with van der Waals surface area (Å²) >= 11 is 9.25. The zero-order chi connectivity index (χ0) is 29.9. The highest BCUT2D eigenvalue weighted by molar-refractivity contribution is 8.01. The lowest BCUT2D eigenvalue weighted by molar-refractivity contribution is -0.146. The van der Waals surface area contributed by atoms with E-state index in [9.17, 15) is 32.3 Å². The molecule has 0 unspecified atom stereocenters. The fourth-order valence-electron chi connectivity index (χ4n) is 4.29. The van der Waals surface area contributed by atoms with Gasteiger partial charge in [-0.1, -0.05) is 17.7 Å². The molecule has 0 radical (unpaired) electrons. The summed E-state index contributed by atoms with van der Waals surface area (Å²) in [6, 6.07) is 6.14. The van der Waals surface area contributed by atoms with Gasteiger partial charge in [-0.05, 0) is 55.8 Å². The molecule has 2 amide bonds. The second-order valence-corrected chi connectivity index (χ2v) is 14.6. The molecule has 0 saturated carbocycles. The lowest BCUT2D eigenvalue weighted by Crippen LogP contribution is -2.55. The number of hydrogen-bond donors (Lipinski definition) is 2. The van der Waals surface area contributed by atoms with Gasteiger partial charge >= 0.3 is 12.1 Å². The van der Waals surface area contributed by atoms with E-state index in [1.54, 1.807) is 16.7 Å². The Balaban J connectivity index is 1.64. The quantitative estimate of drug-likeness (QED) is 0.438. The Labute approximate surface area is 251 Å². The molecule has 15 heteroatoms. The first-order valence-corrected chi connectivity index (χ1v) is 16.6. The second-order valence-electron chi connectivity index (χ2n) is 10.1.